The van der Waals surface area contributed by atoms with E-state index in [0.29, 0.717) is 16.4 Å². The Bertz CT molecular complexity index is 919. The van der Waals surface area contributed by atoms with Crippen molar-refractivity contribution in [2.45, 2.75) is 6.10 Å². The summed E-state index contributed by atoms with van der Waals surface area (Å²) in [5, 5.41) is 23.6. The predicted molar refractivity (Wildman–Crippen MR) is 106 cm³/mol. The molecule has 1 unspecified atom stereocenters. The van der Waals surface area contributed by atoms with Gasteiger partial charge in [-0.15, -0.1) is 11.3 Å². The molecule has 0 fully saturated rings. The van der Waals surface area contributed by atoms with E-state index >= 15 is 0 Å². The minimum atomic E-state index is -0.973. The van der Waals surface area contributed by atoms with E-state index in [1.165, 1.54) is 11.3 Å². The Labute approximate surface area is 164 Å². The lowest BCUT2D eigenvalue weighted by atomic mass is 10.1. The van der Waals surface area contributed by atoms with Gasteiger partial charge in [0.1, 0.15) is 0 Å². The summed E-state index contributed by atoms with van der Waals surface area (Å²) < 4.78 is 0. The fourth-order valence-corrected chi connectivity index (χ4v) is 3.56. The summed E-state index contributed by atoms with van der Waals surface area (Å²) in [6, 6.07) is 10.9. The summed E-state index contributed by atoms with van der Waals surface area (Å²) in [6.07, 6.45) is 0.778. The summed E-state index contributed by atoms with van der Waals surface area (Å²) in [5.41, 5.74) is 1.85. The molecular weight excluding hydrogens is 386 g/mol. The van der Waals surface area contributed by atoms with Gasteiger partial charge >= 0.3 is 11.1 Å². The van der Waals surface area contributed by atoms with Crippen LogP contribution in [0.4, 0.5) is 0 Å². The number of carbonyl (C=O) groups is 2. The lowest BCUT2D eigenvalue weighted by Gasteiger charge is -2.09. The summed E-state index contributed by atoms with van der Waals surface area (Å²) in [6.45, 7) is -0.409. The van der Waals surface area contributed by atoms with Crippen molar-refractivity contribution in [1.82, 2.24) is 10.6 Å². The Morgan fingerprint density at radius 1 is 1.30 bits per heavy atom. The first-order chi connectivity index (χ1) is 13.0. The summed E-state index contributed by atoms with van der Waals surface area (Å²) in [5.74, 6) is -0.542. The number of amides is 2. The van der Waals surface area contributed by atoms with Gasteiger partial charge in [0, 0.05) is 27.9 Å². The Morgan fingerprint density at radius 3 is 2.67 bits per heavy atom. The molecule has 0 bridgehead atoms. The zero-order chi connectivity index (χ0) is 19.4. The predicted octanol–water partition coefficient (Wildman–Crippen LogP) is -0.665. The second kappa shape index (κ2) is 8.49. The molecule has 0 aliphatic carbocycles. The third kappa shape index (κ3) is 4.83. The van der Waals surface area contributed by atoms with Crippen molar-refractivity contribution in [3.05, 3.63) is 52.5 Å². The van der Waals surface area contributed by atoms with Crippen molar-refractivity contribution in [2.24, 2.45) is 0 Å². The van der Waals surface area contributed by atoms with Crippen LogP contribution in [-0.4, -0.2) is 46.5 Å². The minimum Gasteiger partial charge on any atom is -0.394 e. The van der Waals surface area contributed by atoms with Gasteiger partial charge in [0.05, 0.1) is 12.7 Å². The van der Waals surface area contributed by atoms with Gasteiger partial charge in [-0.2, -0.15) is 5.32 Å². The second-order valence-corrected chi connectivity index (χ2v) is 7.37. The number of rotatable bonds is 6. The fourth-order valence-electron chi connectivity index (χ4n) is 2.38. The molecule has 3 rings (SSSR count). The molecule has 9 heteroatoms. The maximum absolute atomic E-state index is 12.0. The van der Waals surface area contributed by atoms with E-state index in [4.69, 9.17) is 5.11 Å². The van der Waals surface area contributed by atoms with Gasteiger partial charge < -0.3 is 15.5 Å². The van der Waals surface area contributed by atoms with Crippen molar-refractivity contribution in [1.29, 1.82) is 0 Å². The van der Waals surface area contributed by atoms with Crippen LogP contribution in [0.2, 0.25) is 0 Å². The quantitative estimate of drug-likeness (QED) is 0.283. The number of hydrogen-bond donors (Lipinski definition) is 6. The molecule has 0 saturated heterocycles. The van der Waals surface area contributed by atoms with E-state index in [1.54, 1.807) is 18.2 Å². The first-order valence-electron chi connectivity index (χ1n) is 8.09. The highest BCUT2D eigenvalue weighted by Gasteiger charge is 2.25. The van der Waals surface area contributed by atoms with Gasteiger partial charge in [-0.3, -0.25) is 4.79 Å². The summed E-state index contributed by atoms with van der Waals surface area (Å²) in [7, 11) is 0. The van der Waals surface area contributed by atoms with Crippen molar-refractivity contribution in [3.63, 3.8) is 0 Å². The van der Waals surface area contributed by atoms with Crippen LogP contribution in [0.5, 0.6) is 0 Å². The highest BCUT2D eigenvalue weighted by atomic mass is 32.1. The molecule has 0 radical (unpaired) electrons. The molecule has 2 amide bonds. The molecule has 5 N–H and O–H groups in total. The van der Waals surface area contributed by atoms with Gasteiger partial charge in [0.25, 0.3) is 5.91 Å². The zero-order valence-electron chi connectivity index (χ0n) is 14.1. The van der Waals surface area contributed by atoms with Crippen molar-refractivity contribution in [3.8, 4) is 10.4 Å². The standard InChI is InChI=1S/C18H17N3O4S2/c22-9-12(23)8-19-16(24)11-3-1-10(2-4-11)15-6-5-13(27-15)7-14-17(25)21-18(26)20-14/h1-7,12,22-23H,8-9H2,(H,19,24)(H2,20,21,25,26)/p+1/b14-7+. The number of aliphatic hydroxyl groups is 2. The van der Waals surface area contributed by atoms with Crippen molar-refractivity contribution >= 4 is 47.0 Å². The lowest BCUT2D eigenvalue weighted by molar-refractivity contribution is -0.380. The SMILES string of the molecule is O=C1NC(S)=[NH+]/C1=C/c1ccc(-c2ccc(C(=O)NCC(O)CO)cc2)s1. The molecule has 27 heavy (non-hydrogen) atoms. The van der Waals surface area contributed by atoms with Crippen LogP contribution in [0, 0.1) is 0 Å². The topological polar surface area (TPSA) is 113 Å². The second-order valence-electron chi connectivity index (χ2n) is 5.81. The number of carbonyl (C=O) groups excluding carboxylic acids is 2. The van der Waals surface area contributed by atoms with E-state index in [9.17, 15) is 14.7 Å². The molecule has 1 aliphatic rings. The highest BCUT2D eigenvalue weighted by Crippen LogP contribution is 2.29. The Hall–Kier alpha value is -2.46. The molecule has 1 aliphatic heterocycles. The Balaban J connectivity index is 1.69. The molecule has 1 aromatic carbocycles. The number of aliphatic hydroxyl groups excluding tert-OH is 2. The number of nitrogens with one attached hydrogen (secondary N) is 3. The third-order valence-electron chi connectivity index (χ3n) is 3.78. The molecular formula is C18H18N3O4S2+. The van der Waals surface area contributed by atoms with E-state index in [1.807, 2.05) is 24.3 Å². The zero-order valence-corrected chi connectivity index (χ0v) is 15.8. The fraction of sp³-hybridized carbons (Fsp3) is 0.167. The van der Waals surface area contributed by atoms with Crippen LogP contribution in [0.3, 0.4) is 0 Å². The van der Waals surface area contributed by atoms with Crippen LogP contribution >= 0.6 is 24.0 Å². The van der Waals surface area contributed by atoms with Gasteiger partial charge in [-0.25, -0.2) is 9.79 Å². The smallest absolute Gasteiger partial charge is 0.379 e. The average Bonchev–Trinajstić information content (AvgIpc) is 3.26. The molecule has 0 spiro atoms. The third-order valence-corrected chi connectivity index (χ3v) is 5.09. The molecule has 2 heterocycles. The van der Waals surface area contributed by atoms with E-state index < -0.39 is 12.7 Å². The summed E-state index contributed by atoms with van der Waals surface area (Å²) in [4.78, 5) is 28.5. The monoisotopic (exact) mass is 404 g/mol. The highest BCUT2D eigenvalue weighted by molar-refractivity contribution is 7.96. The first-order valence-corrected chi connectivity index (χ1v) is 9.36. The molecule has 7 nitrogen and oxygen atoms in total. The van der Waals surface area contributed by atoms with Crippen LogP contribution in [-0.2, 0) is 4.79 Å². The average molecular weight is 404 g/mol. The Morgan fingerprint density at radius 2 is 2.04 bits per heavy atom. The van der Waals surface area contributed by atoms with Gasteiger partial charge in [0.15, 0.2) is 0 Å². The number of thiol groups is 1. The maximum Gasteiger partial charge on any atom is 0.379 e. The van der Waals surface area contributed by atoms with Crippen LogP contribution < -0.4 is 15.6 Å². The molecule has 1 aromatic heterocycles. The first kappa shape index (κ1) is 19.3. The maximum atomic E-state index is 12.0. The van der Waals surface area contributed by atoms with Crippen molar-refractivity contribution in [2.75, 3.05) is 13.2 Å². The number of benzene rings is 1. The van der Waals surface area contributed by atoms with E-state index in [-0.39, 0.29) is 18.4 Å². The van der Waals surface area contributed by atoms with Gasteiger partial charge in [-0.05, 0) is 29.8 Å². The largest absolute Gasteiger partial charge is 0.394 e. The van der Waals surface area contributed by atoms with Crippen LogP contribution in [0.1, 0.15) is 15.2 Å². The lowest BCUT2D eigenvalue weighted by Crippen LogP contribution is -2.67. The minimum absolute atomic E-state index is 0.00687. The normalized spacial score (nSPS) is 16.2. The van der Waals surface area contributed by atoms with E-state index in [0.717, 1.165) is 15.3 Å². The summed E-state index contributed by atoms with van der Waals surface area (Å²) >= 11 is 5.59. The number of amidine groups is 1. The molecule has 1 atom stereocenters. The number of thiophene rings is 1. The van der Waals surface area contributed by atoms with Gasteiger partial charge in [-0.1, -0.05) is 24.8 Å². The molecule has 0 saturated carbocycles. The van der Waals surface area contributed by atoms with Crippen LogP contribution in [0.25, 0.3) is 16.5 Å². The van der Waals surface area contributed by atoms with Gasteiger partial charge in [0.2, 0.25) is 5.70 Å². The van der Waals surface area contributed by atoms with Crippen molar-refractivity contribution < 1.29 is 24.8 Å². The number of hydrogen-bond acceptors (Lipinski definition) is 5. The van der Waals surface area contributed by atoms with E-state index in [2.05, 4.69) is 28.3 Å². The van der Waals surface area contributed by atoms with Crippen LogP contribution in [0.15, 0.2) is 42.1 Å². The molecule has 2 aromatic rings. The molecule has 140 valence electrons. The Kier molecular flexibility index (Phi) is 6.07.